The molecule has 0 aliphatic carbocycles. The molecule has 0 saturated carbocycles. The lowest BCUT2D eigenvalue weighted by molar-refractivity contribution is 0.134. The molecule has 0 aromatic carbocycles. The maximum absolute atomic E-state index is 3.54. The summed E-state index contributed by atoms with van der Waals surface area (Å²) in [6, 6.07) is 0. The van der Waals surface area contributed by atoms with Crippen molar-refractivity contribution in [1.82, 2.24) is 10.2 Å². The standard InChI is InChI=1S/C14H30N2/c1-5-6-7-10-16(4)12-14(13(2)3)8-9-15-11-14/h13,15H,5-12H2,1-4H3. The second-order valence-corrected chi connectivity index (χ2v) is 5.89. The molecule has 1 atom stereocenters. The zero-order chi connectivity index (χ0) is 12.0. The molecule has 96 valence electrons. The lowest BCUT2D eigenvalue weighted by Gasteiger charge is -2.36. The van der Waals surface area contributed by atoms with E-state index in [9.17, 15) is 0 Å². The van der Waals surface area contributed by atoms with E-state index in [0.717, 1.165) is 5.92 Å². The monoisotopic (exact) mass is 226 g/mol. The Morgan fingerprint density at radius 3 is 2.56 bits per heavy atom. The van der Waals surface area contributed by atoms with E-state index in [2.05, 4.69) is 38.0 Å². The summed E-state index contributed by atoms with van der Waals surface area (Å²) in [5, 5.41) is 3.54. The quantitative estimate of drug-likeness (QED) is 0.672. The van der Waals surface area contributed by atoms with E-state index in [4.69, 9.17) is 0 Å². The SMILES string of the molecule is CCCCCN(C)CC1(C(C)C)CCNC1. The molecule has 1 saturated heterocycles. The van der Waals surface area contributed by atoms with Crippen LogP contribution in [0.2, 0.25) is 0 Å². The topological polar surface area (TPSA) is 15.3 Å². The van der Waals surface area contributed by atoms with Gasteiger partial charge in [-0.1, -0.05) is 33.6 Å². The predicted molar refractivity (Wildman–Crippen MR) is 71.8 cm³/mol. The third kappa shape index (κ3) is 3.74. The van der Waals surface area contributed by atoms with Crippen LogP contribution < -0.4 is 5.32 Å². The molecule has 2 heteroatoms. The summed E-state index contributed by atoms with van der Waals surface area (Å²) in [5.41, 5.74) is 0.529. The smallest absolute Gasteiger partial charge is 0.00500 e. The predicted octanol–water partition coefficient (Wildman–Crippen LogP) is 2.74. The second-order valence-electron chi connectivity index (χ2n) is 5.89. The van der Waals surface area contributed by atoms with Crippen molar-refractivity contribution < 1.29 is 0 Å². The summed E-state index contributed by atoms with van der Waals surface area (Å²) in [6.45, 7) is 12.0. The van der Waals surface area contributed by atoms with Crippen molar-refractivity contribution in [1.29, 1.82) is 0 Å². The van der Waals surface area contributed by atoms with E-state index in [1.54, 1.807) is 0 Å². The summed E-state index contributed by atoms with van der Waals surface area (Å²) in [6.07, 6.45) is 5.40. The zero-order valence-electron chi connectivity index (χ0n) is 11.7. The molecule has 1 N–H and O–H groups in total. The Kier molecular flexibility index (Phi) is 5.77. The van der Waals surface area contributed by atoms with Gasteiger partial charge in [0.1, 0.15) is 0 Å². The molecule has 1 aliphatic rings. The van der Waals surface area contributed by atoms with Gasteiger partial charge in [0.05, 0.1) is 0 Å². The lowest BCUT2D eigenvalue weighted by Crippen LogP contribution is -2.41. The average molecular weight is 226 g/mol. The van der Waals surface area contributed by atoms with Gasteiger partial charge in [0.2, 0.25) is 0 Å². The van der Waals surface area contributed by atoms with Gasteiger partial charge in [0, 0.05) is 13.1 Å². The fourth-order valence-corrected chi connectivity index (χ4v) is 2.82. The molecule has 0 amide bonds. The fourth-order valence-electron chi connectivity index (χ4n) is 2.82. The molecular weight excluding hydrogens is 196 g/mol. The number of hydrogen-bond donors (Lipinski definition) is 1. The summed E-state index contributed by atoms with van der Waals surface area (Å²) < 4.78 is 0. The van der Waals surface area contributed by atoms with E-state index in [0.29, 0.717) is 5.41 Å². The highest BCUT2D eigenvalue weighted by molar-refractivity contribution is 4.92. The van der Waals surface area contributed by atoms with Crippen LogP contribution in [0.25, 0.3) is 0 Å². The van der Waals surface area contributed by atoms with E-state index in [-0.39, 0.29) is 0 Å². The van der Waals surface area contributed by atoms with Gasteiger partial charge >= 0.3 is 0 Å². The first-order valence-corrected chi connectivity index (χ1v) is 7.00. The Bertz CT molecular complexity index is 183. The first kappa shape index (κ1) is 14.0. The molecule has 1 unspecified atom stereocenters. The highest BCUT2D eigenvalue weighted by Crippen LogP contribution is 2.34. The van der Waals surface area contributed by atoms with Crippen LogP contribution in [-0.2, 0) is 0 Å². The van der Waals surface area contributed by atoms with Crippen molar-refractivity contribution in [2.75, 3.05) is 33.2 Å². The van der Waals surface area contributed by atoms with E-state index < -0.39 is 0 Å². The Balaban J connectivity index is 2.37. The largest absolute Gasteiger partial charge is 0.316 e. The normalized spacial score (nSPS) is 25.9. The van der Waals surface area contributed by atoms with E-state index in [1.807, 2.05) is 0 Å². The minimum atomic E-state index is 0.529. The Morgan fingerprint density at radius 1 is 1.31 bits per heavy atom. The number of unbranched alkanes of at least 4 members (excludes halogenated alkanes) is 2. The first-order valence-electron chi connectivity index (χ1n) is 7.00. The van der Waals surface area contributed by atoms with Crippen molar-refractivity contribution in [3.05, 3.63) is 0 Å². The van der Waals surface area contributed by atoms with Crippen LogP contribution in [0, 0.1) is 11.3 Å². The fraction of sp³-hybridized carbons (Fsp3) is 1.00. The Labute approximate surface area is 102 Å². The van der Waals surface area contributed by atoms with Crippen molar-refractivity contribution in [3.63, 3.8) is 0 Å². The van der Waals surface area contributed by atoms with Crippen LogP contribution in [0.15, 0.2) is 0 Å². The molecule has 0 aromatic rings. The van der Waals surface area contributed by atoms with Gasteiger partial charge in [-0.05, 0) is 44.3 Å². The van der Waals surface area contributed by atoms with Crippen LogP contribution >= 0.6 is 0 Å². The van der Waals surface area contributed by atoms with Crippen molar-refractivity contribution in [2.24, 2.45) is 11.3 Å². The summed E-state index contributed by atoms with van der Waals surface area (Å²) in [7, 11) is 2.29. The molecule has 0 radical (unpaired) electrons. The van der Waals surface area contributed by atoms with Crippen molar-refractivity contribution >= 4 is 0 Å². The molecule has 2 nitrogen and oxygen atoms in total. The van der Waals surface area contributed by atoms with Gasteiger partial charge in [-0.15, -0.1) is 0 Å². The summed E-state index contributed by atoms with van der Waals surface area (Å²) >= 11 is 0. The molecule has 0 bridgehead atoms. The first-order chi connectivity index (χ1) is 7.60. The lowest BCUT2D eigenvalue weighted by atomic mass is 9.76. The van der Waals surface area contributed by atoms with Crippen LogP contribution in [0.5, 0.6) is 0 Å². The van der Waals surface area contributed by atoms with E-state index in [1.165, 1.54) is 51.9 Å². The zero-order valence-corrected chi connectivity index (χ0v) is 11.7. The third-order valence-corrected chi connectivity index (χ3v) is 4.23. The average Bonchev–Trinajstić information content (AvgIpc) is 2.68. The second kappa shape index (κ2) is 6.61. The van der Waals surface area contributed by atoms with Crippen LogP contribution in [0.1, 0.15) is 46.5 Å². The molecule has 1 aliphatic heterocycles. The molecule has 0 spiro atoms. The maximum Gasteiger partial charge on any atom is 0.00500 e. The molecule has 1 heterocycles. The highest BCUT2D eigenvalue weighted by Gasteiger charge is 2.37. The number of hydrogen-bond acceptors (Lipinski definition) is 2. The molecular formula is C14H30N2. The summed E-state index contributed by atoms with van der Waals surface area (Å²) in [5.74, 6) is 0.788. The highest BCUT2D eigenvalue weighted by atomic mass is 15.1. The Morgan fingerprint density at radius 2 is 2.06 bits per heavy atom. The number of nitrogens with one attached hydrogen (secondary N) is 1. The number of rotatable bonds is 7. The van der Waals surface area contributed by atoms with Gasteiger partial charge < -0.3 is 10.2 Å². The molecule has 0 aromatic heterocycles. The number of nitrogens with zero attached hydrogens (tertiary/aromatic N) is 1. The summed E-state index contributed by atoms with van der Waals surface area (Å²) in [4.78, 5) is 2.54. The van der Waals surface area contributed by atoms with E-state index >= 15 is 0 Å². The maximum atomic E-state index is 3.54. The minimum Gasteiger partial charge on any atom is -0.316 e. The van der Waals surface area contributed by atoms with Crippen molar-refractivity contribution in [3.8, 4) is 0 Å². The van der Waals surface area contributed by atoms with Gasteiger partial charge in [-0.3, -0.25) is 0 Å². The van der Waals surface area contributed by atoms with Crippen molar-refractivity contribution in [2.45, 2.75) is 46.5 Å². The van der Waals surface area contributed by atoms with Gasteiger partial charge in [0.25, 0.3) is 0 Å². The van der Waals surface area contributed by atoms with Crippen LogP contribution in [0.3, 0.4) is 0 Å². The van der Waals surface area contributed by atoms with Crippen LogP contribution in [0.4, 0.5) is 0 Å². The minimum absolute atomic E-state index is 0.529. The molecule has 16 heavy (non-hydrogen) atoms. The molecule has 1 fully saturated rings. The Hall–Kier alpha value is -0.0800. The van der Waals surface area contributed by atoms with Gasteiger partial charge in [0.15, 0.2) is 0 Å². The van der Waals surface area contributed by atoms with Gasteiger partial charge in [-0.25, -0.2) is 0 Å². The molecule has 1 rings (SSSR count). The van der Waals surface area contributed by atoms with Crippen LogP contribution in [-0.4, -0.2) is 38.1 Å². The van der Waals surface area contributed by atoms with Gasteiger partial charge in [-0.2, -0.15) is 0 Å². The third-order valence-electron chi connectivity index (χ3n) is 4.23.